The summed E-state index contributed by atoms with van der Waals surface area (Å²) in [5.74, 6) is 0.210. The van der Waals surface area contributed by atoms with Crippen LogP contribution < -0.4 is 18.9 Å². The van der Waals surface area contributed by atoms with Gasteiger partial charge in [-0.15, -0.1) is 0 Å². The first-order valence-corrected chi connectivity index (χ1v) is 9.20. The van der Waals surface area contributed by atoms with Crippen molar-refractivity contribution in [1.29, 1.82) is 0 Å². The molecule has 2 aliphatic rings. The number of aromatic hydroxyl groups is 1. The largest absolute Gasteiger partial charge is 0.502 e. The van der Waals surface area contributed by atoms with Gasteiger partial charge in [0, 0.05) is 5.92 Å². The third-order valence-electron chi connectivity index (χ3n) is 5.38. The summed E-state index contributed by atoms with van der Waals surface area (Å²) in [6.07, 6.45) is -0.611. The second kappa shape index (κ2) is 7.71. The van der Waals surface area contributed by atoms with E-state index >= 15 is 0 Å². The highest BCUT2D eigenvalue weighted by atomic mass is 16.7. The number of cyclic esters (lactones) is 1. The van der Waals surface area contributed by atoms with Crippen LogP contribution in [-0.2, 0) is 16.0 Å². The van der Waals surface area contributed by atoms with E-state index in [1.54, 1.807) is 30.3 Å². The van der Waals surface area contributed by atoms with Gasteiger partial charge in [0.25, 0.3) is 0 Å². The minimum Gasteiger partial charge on any atom is -0.502 e. The minimum atomic E-state index is -0.915. The number of methoxy groups -OCH3 is 2. The normalized spacial score (nSPS) is 21.0. The summed E-state index contributed by atoms with van der Waals surface area (Å²) in [6, 6.07) is 8.51. The third kappa shape index (κ3) is 3.51. The minimum absolute atomic E-state index is 0.107. The highest BCUT2D eigenvalue weighted by molar-refractivity contribution is 5.75. The lowest BCUT2D eigenvalue weighted by atomic mass is 9.83. The molecule has 0 amide bonds. The van der Waals surface area contributed by atoms with E-state index < -0.39 is 17.9 Å². The molecule has 0 saturated carbocycles. The number of aliphatic hydroxyl groups excluding tert-OH is 1. The highest BCUT2D eigenvalue weighted by Gasteiger charge is 2.42. The standard InChI is InChI=1S/C21H22O8/c1-25-17-6-11(7-18(26-2)20(17)23)5-13-14(9-27-21(13)24)19(22)12-3-4-15-16(8-12)29-10-28-15/h3-4,6-8,13-14,19,22-23H,5,9-10H2,1-2H3/t13-,14-,19?/m0/s1. The Morgan fingerprint density at radius 1 is 1.07 bits per heavy atom. The van der Waals surface area contributed by atoms with E-state index in [1.165, 1.54) is 14.2 Å². The molecule has 2 heterocycles. The first kappa shape index (κ1) is 19.2. The average Bonchev–Trinajstić information content (AvgIpc) is 3.34. The lowest BCUT2D eigenvalue weighted by molar-refractivity contribution is -0.141. The molecule has 0 bridgehead atoms. The van der Waals surface area contributed by atoms with Gasteiger partial charge in [-0.1, -0.05) is 6.07 Å². The lowest BCUT2D eigenvalue weighted by Gasteiger charge is -2.22. The van der Waals surface area contributed by atoms with E-state index in [9.17, 15) is 15.0 Å². The molecule has 2 aliphatic heterocycles. The fourth-order valence-electron chi connectivity index (χ4n) is 3.79. The Bertz CT molecular complexity index is 900. The molecule has 4 rings (SSSR count). The first-order chi connectivity index (χ1) is 14.0. The molecule has 8 nitrogen and oxygen atoms in total. The van der Waals surface area contributed by atoms with Gasteiger partial charge in [0.2, 0.25) is 12.5 Å². The van der Waals surface area contributed by atoms with Crippen LogP contribution in [0, 0.1) is 11.8 Å². The predicted molar refractivity (Wildman–Crippen MR) is 100 cm³/mol. The summed E-state index contributed by atoms with van der Waals surface area (Å²) in [5, 5.41) is 21.0. The van der Waals surface area contributed by atoms with Crippen molar-refractivity contribution in [2.45, 2.75) is 12.5 Å². The molecule has 2 N–H and O–H groups in total. The highest BCUT2D eigenvalue weighted by Crippen LogP contribution is 2.42. The number of esters is 1. The molecule has 0 aliphatic carbocycles. The lowest BCUT2D eigenvalue weighted by Crippen LogP contribution is -2.24. The second-order valence-electron chi connectivity index (χ2n) is 7.01. The fraction of sp³-hybridized carbons (Fsp3) is 0.381. The Kier molecular flexibility index (Phi) is 5.10. The Hall–Kier alpha value is -3.13. The quantitative estimate of drug-likeness (QED) is 0.709. The molecule has 1 unspecified atom stereocenters. The van der Waals surface area contributed by atoms with Gasteiger partial charge in [-0.25, -0.2) is 0 Å². The van der Waals surface area contributed by atoms with Gasteiger partial charge >= 0.3 is 5.97 Å². The number of fused-ring (bicyclic) bond motifs is 1. The first-order valence-electron chi connectivity index (χ1n) is 9.20. The average molecular weight is 402 g/mol. The van der Waals surface area contributed by atoms with Crippen molar-refractivity contribution in [1.82, 2.24) is 0 Å². The zero-order valence-electron chi connectivity index (χ0n) is 16.1. The van der Waals surface area contributed by atoms with Crippen molar-refractivity contribution in [3.63, 3.8) is 0 Å². The van der Waals surface area contributed by atoms with Gasteiger partial charge in [0.05, 0.1) is 32.8 Å². The van der Waals surface area contributed by atoms with Crippen LogP contribution in [0.15, 0.2) is 30.3 Å². The van der Waals surface area contributed by atoms with Crippen LogP contribution in [-0.4, -0.2) is 43.8 Å². The van der Waals surface area contributed by atoms with E-state index in [-0.39, 0.29) is 36.6 Å². The van der Waals surface area contributed by atoms with Crippen molar-refractivity contribution in [3.8, 4) is 28.7 Å². The summed E-state index contributed by atoms with van der Waals surface area (Å²) >= 11 is 0. The summed E-state index contributed by atoms with van der Waals surface area (Å²) in [6.45, 7) is 0.262. The van der Waals surface area contributed by atoms with E-state index in [0.717, 1.165) is 5.56 Å². The Balaban J connectivity index is 1.59. The molecular formula is C21H22O8. The van der Waals surface area contributed by atoms with Gasteiger partial charge in [-0.05, 0) is 41.8 Å². The van der Waals surface area contributed by atoms with Crippen molar-refractivity contribution in [3.05, 3.63) is 41.5 Å². The van der Waals surface area contributed by atoms with E-state index in [2.05, 4.69) is 0 Å². The Morgan fingerprint density at radius 2 is 1.76 bits per heavy atom. The Morgan fingerprint density at radius 3 is 2.45 bits per heavy atom. The number of hydrogen-bond donors (Lipinski definition) is 2. The van der Waals surface area contributed by atoms with Gasteiger partial charge < -0.3 is 33.9 Å². The van der Waals surface area contributed by atoms with Crippen LogP contribution in [0.5, 0.6) is 28.7 Å². The smallest absolute Gasteiger partial charge is 0.309 e. The molecule has 2 aromatic rings. The SMILES string of the molecule is COc1cc(C[C@@H]2C(=O)OC[C@@H]2C(O)c2ccc3c(c2)OCO3)cc(OC)c1O. The van der Waals surface area contributed by atoms with Crippen LogP contribution in [0.1, 0.15) is 17.2 Å². The van der Waals surface area contributed by atoms with Crippen molar-refractivity contribution in [2.75, 3.05) is 27.6 Å². The zero-order chi connectivity index (χ0) is 20.5. The molecule has 1 saturated heterocycles. The number of carbonyl (C=O) groups is 1. The van der Waals surface area contributed by atoms with Crippen LogP contribution in [0.3, 0.4) is 0 Å². The van der Waals surface area contributed by atoms with Gasteiger partial charge in [0.1, 0.15) is 0 Å². The van der Waals surface area contributed by atoms with Gasteiger partial charge in [0.15, 0.2) is 23.0 Å². The summed E-state index contributed by atoms with van der Waals surface area (Å²) in [4.78, 5) is 12.4. The topological polar surface area (TPSA) is 104 Å². The summed E-state index contributed by atoms with van der Waals surface area (Å²) < 4.78 is 26.3. The van der Waals surface area contributed by atoms with Gasteiger partial charge in [-0.2, -0.15) is 0 Å². The maximum absolute atomic E-state index is 12.4. The molecule has 29 heavy (non-hydrogen) atoms. The number of ether oxygens (including phenoxy) is 5. The molecule has 0 aromatic heterocycles. The van der Waals surface area contributed by atoms with Crippen molar-refractivity contribution < 1.29 is 38.7 Å². The summed E-state index contributed by atoms with van der Waals surface area (Å²) in [5.41, 5.74) is 1.35. The zero-order valence-corrected chi connectivity index (χ0v) is 16.1. The number of benzene rings is 2. The maximum Gasteiger partial charge on any atom is 0.309 e. The molecule has 0 spiro atoms. The molecule has 0 radical (unpaired) electrons. The number of phenolic OH excluding ortho intramolecular Hbond substituents is 1. The number of carbonyl (C=O) groups excluding carboxylic acids is 1. The number of phenols is 1. The van der Waals surface area contributed by atoms with E-state index in [1.807, 2.05) is 0 Å². The molecular weight excluding hydrogens is 380 g/mol. The maximum atomic E-state index is 12.4. The molecule has 2 aromatic carbocycles. The van der Waals surface area contributed by atoms with E-state index in [0.29, 0.717) is 23.5 Å². The van der Waals surface area contributed by atoms with Crippen LogP contribution >= 0.6 is 0 Å². The number of rotatable bonds is 6. The fourth-order valence-corrected chi connectivity index (χ4v) is 3.79. The Labute approximate surface area is 167 Å². The number of aliphatic hydroxyl groups is 1. The molecule has 154 valence electrons. The van der Waals surface area contributed by atoms with Crippen molar-refractivity contribution in [2.24, 2.45) is 11.8 Å². The van der Waals surface area contributed by atoms with Crippen LogP contribution in [0.2, 0.25) is 0 Å². The van der Waals surface area contributed by atoms with Crippen LogP contribution in [0.4, 0.5) is 0 Å². The molecule has 8 heteroatoms. The van der Waals surface area contributed by atoms with Crippen LogP contribution in [0.25, 0.3) is 0 Å². The molecule has 3 atom stereocenters. The number of hydrogen-bond acceptors (Lipinski definition) is 8. The van der Waals surface area contributed by atoms with Gasteiger partial charge in [-0.3, -0.25) is 4.79 Å². The molecule has 1 fully saturated rings. The third-order valence-corrected chi connectivity index (χ3v) is 5.38. The summed E-state index contributed by atoms with van der Waals surface area (Å²) in [7, 11) is 2.88. The second-order valence-corrected chi connectivity index (χ2v) is 7.01. The monoisotopic (exact) mass is 402 g/mol. The predicted octanol–water partition coefficient (Wildman–Crippen LogP) is 2.20. The van der Waals surface area contributed by atoms with E-state index in [4.69, 9.17) is 23.7 Å². The van der Waals surface area contributed by atoms with Crippen molar-refractivity contribution >= 4 is 5.97 Å².